The minimum absolute atomic E-state index is 0. The fourth-order valence-corrected chi connectivity index (χ4v) is 0.990. The molecule has 0 saturated carbocycles. The van der Waals surface area contributed by atoms with Gasteiger partial charge in [-0.25, -0.2) is 4.94 Å². The van der Waals surface area contributed by atoms with Crippen molar-refractivity contribution >= 4 is 24.8 Å². The molecule has 10 heavy (non-hydrogen) atoms. The lowest BCUT2D eigenvalue weighted by Crippen LogP contribution is -2.24. The van der Waals surface area contributed by atoms with Crippen LogP contribution in [0.25, 0.3) is 0 Å². The lowest BCUT2D eigenvalue weighted by atomic mass is 10.2. The first-order valence-corrected chi connectivity index (χ1v) is 2.94. The zero-order valence-electron chi connectivity index (χ0n) is 5.95. The summed E-state index contributed by atoms with van der Waals surface area (Å²) in [4.78, 5) is 4.51. The molecule has 3 nitrogen and oxygen atoms in total. The van der Waals surface area contributed by atoms with Crippen molar-refractivity contribution in [2.45, 2.75) is 13.3 Å². The molecule has 1 atom stereocenters. The van der Waals surface area contributed by atoms with Gasteiger partial charge in [0, 0.05) is 13.1 Å². The van der Waals surface area contributed by atoms with E-state index in [1.54, 1.807) is 5.06 Å². The maximum Gasteiger partial charge on any atom is 0.0285 e. The van der Waals surface area contributed by atoms with E-state index in [9.17, 15) is 0 Å². The Morgan fingerprint density at radius 3 is 2.30 bits per heavy atom. The summed E-state index contributed by atoms with van der Waals surface area (Å²) in [6, 6.07) is 0. The second kappa shape index (κ2) is 6.19. The predicted octanol–water partition coefficient (Wildman–Crippen LogP) is 0.977. The molecule has 5 heteroatoms. The molecule has 0 radical (unpaired) electrons. The molecule has 0 aliphatic carbocycles. The van der Waals surface area contributed by atoms with Crippen LogP contribution in [0.3, 0.4) is 0 Å². The van der Waals surface area contributed by atoms with Crippen LogP contribution in [-0.4, -0.2) is 18.2 Å². The monoisotopic (exact) mass is 188 g/mol. The molecule has 0 aromatic carbocycles. The van der Waals surface area contributed by atoms with E-state index >= 15 is 0 Å². The third-order valence-corrected chi connectivity index (χ3v) is 1.54. The largest absolute Gasteiger partial charge is 0.214 e. The van der Waals surface area contributed by atoms with Crippen LogP contribution >= 0.6 is 24.8 Å². The fourth-order valence-electron chi connectivity index (χ4n) is 0.990. The summed E-state index contributed by atoms with van der Waals surface area (Å²) in [5.74, 6) is 5.67. The first kappa shape index (κ1) is 13.1. The first-order valence-electron chi connectivity index (χ1n) is 2.94. The number of rotatable bonds is 1. The Kier molecular flexibility index (Phi) is 8.09. The Balaban J connectivity index is 0. The van der Waals surface area contributed by atoms with E-state index in [0.717, 1.165) is 19.0 Å². The first-order chi connectivity index (χ1) is 3.83. The van der Waals surface area contributed by atoms with Crippen molar-refractivity contribution in [1.82, 2.24) is 5.06 Å². The predicted molar refractivity (Wildman–Crippen MR) is 45.1 cm³/mol. The highest BCUT2D eigenvalue weighted by molar-refractivity contribution is 5.85. The van der Waals surface area contributed by atoms with Crippen LogP contribution in [-0.2, 0) is 4.94 Å². The van der Waals surface area contributed by atoms with Gasteiger partial charge in [0.25, 0.3) is 0 Å². The highest BCUT2D eigenvalue weighted by Crippen LogP contribution is 2.13. The van der Waals surface area contributed by atoms with Crippen molar-refractivity contribution in [3.05, 3.63) is 0 Å². The highest BCUT2D eigenvalue weighted by Gasteiger charge is 2.17. The molecule has 0 amide bonds. The topological polar surface area (TPSA) is 38.5 Å². The Morgan fingerprint density at radius 2 is 2.10 bits per heavy atom. The molecular weight excluding hydrogens is 175 g/mol. The van der Waals surface area contributed by atoms with Gasteiger partial charge >= 0.3 is 0 Å². The van der Waals surface area contributed by atoms with E-state index in [2.05, 4.69) is 11.9 Å². The lowest BCUT2D eigenvalue weighted by Gasteiger charge is -2.08. The van der Waals surface area contributed by atoms with Gasteiger partial charge in [-0.2, -0.15) is 11.0 Å². The molecule has 0 unspecified atom stereocenters. The van der Waals surface area contributed by atoms with E-state index in [4.69, 9.17) is 5.90 Å². The molecule has 1 rings (SSSR count). The summed E-state index contributed by atoms with van der Waals surface area (Å²) in [6.45, 7) is 4.16. The van der Waals surface area contributed by atoms with Gasteiger partial charge in [0.2, 0.25) is 0 Å². The van der Waals surface area contributed by atoms with E-state index in [1.807, 2.05) is 0 Å². The third-order valence-electron chi connectivity index (χ3n) is 1.54. The van der Waals surface area contributed by atoms with Crippen molar-refractivity contribution < 1.29 is 4.94 Å². The zero-order chi connectivity index (χ0) is 5.98. The van der Waals surface area contributed by atoms with Crippen LogP contribution in [0.4, 0.5) is 0 Å². The van der Waals surface area contributed by atoms with Gasteiger partial charge in [0.1, 0.15) is 0 Å². The standard InChI is InChI=1S/C5H12N2O.2ClH/c1-5-2-3-7(4-5)8-6;;/h5H,2-4,6H2,1H3;2*1H/t5-;;/m0../s1. The summed E-state index contributed by atoms with van der Waals surface area (Å²) >= 11 is 0. The maximum absolute atomic E-state index is 4.92. The summed E-state index contributed by atoms with van der Waals surface area (Å²) in [6.07, 6.45) is 1.21. The normalized spacial score (nSPS) is 25.2. The van der Waals surface area contributed by atoms with Crippen molar-refractivity contribution in [2.75, 3.05) is 13.1 Å². The van der Waals surface area contributed by atoms with Gasteiger partial charge in [-0.15, -0.1) is 24.8 Å². The number of halogens is 2. The second-order valence-electron chi connectivity index (χ2n) is 2.39. The summed E-state index contributed by atoms with van der Waals surface area (Å²) < 4.78 is 0. The number of nitrogens with zero attached hydrogens (tertiary/aromatic N) is 1. The Hall–Kier alpha value is 0.460. The average molecular weight is 189 g/mol. The average Bonchev–Trinajstić information content (AvgIpc) is 2.14. The number of hydrogen-bond acceptors (Lipinski definition) is 3. The molecule has 1 heterocycles. The molecule has 1 aliphatic heterocycles. The molecule has 0 bridgehead atoms. The van der Waals surface area contributed by atoms with Crippen LogP contribution < -0.4 is 5.90 Å². The maximum atomic E-state index is 4.92. The number of hydroxylamine groups is 2. The Labute approximate surface area is 73.6 Å². The number of nitrogens with two attached hydrogens (primary N) is 1. The van der Waals surface area contributed by atoms with Gasteiger partial charge < -0.3 is 0 Å². The minimum atomic E-state index is 0. The fraction of sp³-hybridized carbons (Fsp3) is 1.00. The smallest absolute Gasteiger partial charge is 0.0285 e. The molecular formula is C5H14Cl2N2O. The van der Waals surface area contributed by atoms with Gasteiger partial charge in [-0.1, -0.05) is 6.92 Å². The van der Waals surface area contributed by atoms with Gasteiger partial charge in [0.15, 0.2) is 0 Å². The molecule has 1 saturated heterocycles. The van der Waals surface area contributed by atoms with Crippen molar-refractivity contribution in [3.63, 3.8) is 0 Å². The van der Waals surface area contributed by atoms with Crippen LogP contribution in [0.15, 0.2) is 0 Å². The van der Waals surface area contributed by atoms with Crippen LogP contribution in [0.5, 0.6) is 0 Å². The SMILES string of the molecule is C[C@H]1CCN(ON)C1.Cl.Cl. The van der Waals surface area contributed by atoms with Crippen LogP contribution in [0.1, 0.15) is 13.3 Å². The quantitative estimate of drug-likeness (QED) is 0.625. The van der Waals surface area contributed by atoms with Crippen LogP contribution in [0, 0.1) is 5.92 Å². The van der Waals surface area contributed by atoms with Gasteiger partial charge in [0.05, 0.1) is 0 Å². The summed E-state index contributed by atoms with van der Waals surface area (Å²) in [7, 11) is 0. The second-order valence-corrected chi connectivity index (χ2v) is 2.39. The van der Waals surface area contributed by atoms with E-state index in [1.165, 1.54) is 6.42 Å². The summed E-state index contributed by atoms with van der Waals surface area (Å²) in [5.41, 5.74) is 0. The molecule has 0 aromatic heterocycles. The molecule has 1 fully saturated rings. The third kappa shape index (κ3) is 3.58. The van der Waals surface area contributed by atoms with E-state index in [0.29, 0.717) is 0 Å². The summed E-state index contributed by atoms with van der Waals surface area (Å²) in [5, 5.41) is 1.78. The van der Waals surface area contributed by atoms with Crippen molar-refractivity contribution in [2.24, 2.45) is 11.8 Å². The van der Waals surface area contributed by atoms with Gasteiger partial charge in [-0.05, 0) is 12.3 Å². The Bertz CT molecular complexity index is 84.0. The van der Waals surface area contributed by atoms with E-state index in [-0.39, 0.29) is 24.8 Å². The zero-order valence-corrected chi connectivity index (χ0v) is 7.58. The van der Waals surface area contributed by atoms with Gasteiger partial charge in [-0.3, -0.25) is 0 Å². The highest BCUT2D eigenvalue weighted by atomic mass is 35.5. The molecule has 0 aromatic rings. The van der Waals surface area contributed by atoms with Crippen molar-refractivity contribution in [1.29, 1.82) is 0 Å². The molecule has 64 valence electrons. The minimum Gasteiger partial charge on any atom is -0.214 e. The molecule has 1 aliphatic rings. The van der Waals surface area contributed by atoms with Crippen LogP contribution in [0.2, 0.25) is 0 Å². The molecule has 2 N–H and O–H groups in total. The molecule has 0 spiro atoms. The lowest BCUT2D eigenvalue weighted by molar-refractivity contribution is -0.148. The van der Waals surface area contributed by atoms with E-state index < -0.39 is 0 Å². The Morgan fingerprint density at radius 1 is 1.50 bits per heavy atom. The van der Waals surface area contributed by atoms with Crippen molar-refractivity contribution in [3.8, 4) is 0 Å². The number of hydrogen-bond donors (Lipinski definition) is 1.